The predicted octanol–water partition coefficient (Wildman–Crippen LogP) is 3.36. The summed E-state index contributed by atoms with van der Waals surface area (Å²) in [6.45, 7) is 1.18. The van der Waals surface area contributed by atoms with Crippen LogP contribution in [0.5, 0.6) is 0 Å². The Labute approximate surface area is 166 Å². The van der Waals surface area contributed by atoms with E-state index in [1.165, 1.54) is 16.4 Å². The Kier molecular flexibility index (Phi) is 5.11. The van der Waals surface area contributed by atoms with Gasteiger partial charge in [-0.3, -0.25) is 4.79 Å². The summed E-state index contributed by atoms with van der Waals surface area (Å²) >= 11 is 6.14. The first-order valence-electron chi connectivity index (χ1n) is 8.62. The van der Waals surface area contributed by atoms with Crippen LogP contribution in [0.2, 0.25) is 5.02 Å². The molecule has 0 saturated carbocycles. The van der Waals surface area contributed by atoms with Gasteiger partial charge in [0.1, 0.15) is 10.5 Å². The van der Waals surface area contributed by atoms with Crippen molar-refractivity contribution in [3.63, 3.8) is 0 Å². The number of morpholine rings is 1. The van der Waals surface area contributed by atoms with Crippen molar-refractivity contribution in [2.24, 2.45) is 0 Å². The fourth-order valence-electron chi connectivity index (χ4n) is 2.99. The molecule has 1 saturated heterocycles. The number of nitrogens with zero attached hydrogens (tertiary/aromatic N) is 1. The number of amides is 1. The highest BCUT2D eigenvalue weighted by molar-refractivity contribution is 7.89. The maximum atomic E-state index is 12.9. The van der Waals surface area contributed by atoms with Gasteiger partial charge in [-0.25, -0.2) is 8.42 Å². The van der Waals surface area contributed by atoms with Crippen LogP contribution in [0.15, 0.2) is 57.8 Å². The maximum absolute atomic E-state index is 12.9. The summed E-state index contributed by atoms with van der Waals surface area (Å²) in [6.07, 6.45) is 0. The molecular formula is C19H17ClN2O5S. The van der Waals surface area contributed by atoms with Gasteiger partial charge in [-0.05, 0) is 30.3 Å². The number of ether oxygens (including phenoxy) is 1. The third-order valence-corrected chi connectivity index (χ3v) is 6.81. The summed E-state index contributed by atoms with van der Waals surface area (Å²) in [6, 6.07) is 13.2. The molecule has 1 N–H and O–H groups in total. The van der Waals surface area contributed by atoms with E-state index in [1.807, 2.05) is 18.2 Å². The average molecular weight is 421 g/mol. The van der Waals surface area contributed by atoms with Gasteiger partial charge in [0, 0.05) is 24.2 Å². The molecule has 2 aromatic carbocycles. The van der Waals surface area contributed by atoms with E-state index >= 15 is 0 Å². The molecule has 1 aliphatic heterocycles. The minimum atomic E-state index is -3.79. The number of rotatable bonds is 4. The molecule has 0 unspecified atom stereocenters. The molecule has 0 spiro atoms. The predicted molar refractivity (Wildman–Crippen MR) is 105 cm³/mol. The second kappa shape index (κ2) is 7.56. The number of fused-ring (bicyclic) bond motifs is 1. The Hall–Kier alpha value is -2.39. The summed E-state index contributed by atoms with van der Waals surface area (Å²) in [5.74, 6) is -0.345. The summed E-state index contributed by atoms with van der Waals surface area (Å²) in [7, 11) is -3.79. The van der Waals surface area contributed by atoms with Gasteiger partial charge in [0.05, 0.1) is 18.2 Å². The lowest BCUT2D eigenvalue weighted by Gasteiger charge is -2.26. The van der Waals surface area contributed by atoms with Gasteiger partial charge < -0.3 is 14.5 Å². The second-order valence-electron chi connectivity index (χ2n) is 6.26. The molecule has 2 heterocycles. The lowest BCUT2D eigenvalue weighted by atomic mass is 10.2. The van der Waals surface area contributed by atoms with E-state index < -0.39 is 15.9 Å². The largest absolute Gasteiger partial charge is 0.451 e. The van der Waals surface area contributed by atoms with Crippen LogP contribution in [-0.4, -0.2) is 44.9 Å². The number of carbonyl (C=O) groups is 1. The smallest absolute Gasteiger partial charge is 0.291 e. The van der Waals surface area contributed by atoms with Crippen molar-refractivity contribution in [3.05, 3.63) is 59.3 Å². The number of halogens is 1. The van der Waals surface area contributed by atoms with E-state index in [-0.39, 0.29) is 28.8 Å². The summed E-state index contributed by atoms with van der Waals surface area (Å²) in [5, 5.41) is 3.56. The van der Waals surface area contributed by atoms with Crippen LogP contribution in [0.4, 0.5) is 5.69 Å². The molecule has 0 radical (unpaired) electrons. The number of para-hydroxylation sites is 1. The lowest BCUT2D eigenvalue weighted by Crippen LogP contribution is -2.40. The Balaban J connectivity index is 1.60. The number of sulfonamides is 1. The van der Waals surface area contributed by atoms with Gasteiger partial charge in [-0.1, -0.05) is 29.8 Å². The van der Waals surface area contributed by atoms with E-state index in [2.05, 4.69) is 5.32 Å². The molecule has 4 rings (SSSR count). The van der Waals surface area contributed by atoms with Gasteiger partial charge in [0.15, 0.2) is 5.76 Å². The molecule has 146 valence electrons. The lowest BCUT2D eigenvalue weighted by molar-refractivity contribution is 0.0730. The van der Waals surface area contributed by atoms with Gasteiger partial charge >= 0.3 is 0 Å². The van der Waals surface area contributed by atoms with Crippen LogP contribution in [0.3, 0.4) is 0 Å². The Bertz CT molecular complexity index is 1100. The Morgan fingerprint density at radius 1 is 1.07 bits per heavy atom. The molecule has 0 atom stereocenters. The molecular weight excluding hydrogens is 404 g/mol. The minimum Gasteiger partial charge on any atom is -0.451 e. The first-order valence-corrected chi connectivity index (χ1v) is 10.4. The SMILES string of the molecule is O=C(Nc1ccc(Cl)c(S(=O)(=O)N2CCOCC2)c1)c1cc2ccccc2o1. The summed E-state index contributed by atoms with van der Waals surface area (Å²) < 4.78 is 37.8. The van der Waals surface area contributed by atoms with Crippen molar-refractivity contribution in [3.8, 4) is 0 Å². The van der Waals surface area contributed by atoms with Gasteiger partial charge in [0.2, 0.25) is 10.0 Å². The van der Waals surface area contributed by atoms with Crippen LogP contribution in [0.1, 0.15) is 10.6 Å². The molecule has 9 heteroatoms. The van der Waals surface area contributed by atoms with Gasteiger partial charge in [-0.15, -0.1) is 0 Å². The highest BCUT2D eigenvalue weighted by atomic mass is 35.5. The monoisotopic (exact) mass is 420 g/mol. The van der Waals surface area contributed by atoms with Crippen molar-refractivity contribution < 1.29 is 22.4 Å². The van der Waals surface area contributed by atoms with Crippen LogP contribution < -0.4 is 5.32 Å². The third-order valence-electron chi connectivity index (χ3n) is 4.43. The standard InChI is InChI=1S/C19H17ClN2O5S/c20-15-6-5-14(12-18(15)28(24,25)22-7-9-26-10-8-22)21-19(23)17-11-13-3-1-2-4-16(13)27-17/h1-6,11-12H,7-10H2,(H,21,23). The van der Waals surface area contributed by atoms with E-state index in [1.54, 1.807) is 18.2 Å². The van der Waals surface area contributed by atoms with Crippen LogP contribution in [-0.2, 0) is 14.8 Å². The number of anilines is 1. The fraction of sp³-hybridized carbons (Fsp3) is 0.211. The topological polar surface area (TPSA) is 88.9 Å². The van der Waals surface area contributed by atoms with Crippen molar-refractivity contribution >= 4 is 44.2 Å². The summed E-state index contributed by atoms with van der Waals surface area (Å²) in [4.78, 5) is 12.5. The minimum absolute atomic E-state index is 0.0570. The van der Waals surface area contributed by atoms with Crippen LogP contribution >= 0.6 is 11.6 Å². The number of benzene rings is 2. The van der Waals surface area contributed by atoms with Crippen molar-refractivity contribution in [2.45, 2.75) is 4.90 Å². The van der Waals surface area contributed by atoms with Crippen LogP contribution in [0, 0.1) is 0 Å². The molecule has 1 amide bonds. The van der Waals surface area contributed by atoms with Gasteiger partial charge in [-0.2, -0.15) is 4.31 Å². The van der Waals surface area contributed by atoms with Crippen LogP contribution in [0.25, 0.3) is 11.0 Å². The average Bonchev–Trinajstić information content (AvgIpc) is 3.14. The van der Waals surface area contributed by atoms with Crippen molar-refractivity contribution in [1.82, 2.24) is 4.31 Å². The molecule has 0 aliphatic carbocycles. The third kappa shape index (κ3) is 3.64. The normalized spacial score (nSPS) is 15.6. The zero-order valence-corrected chi connectivity index (χ0v) is 16.3. The van der Waals surface area contributed by atoms with Gasteiger partial charge in [0.25, 0.3) is 5.91 Å². The molecule has 0 bridgehead atoms. The number of hydrogen-bond donors (Lipinski definition) is 1. The number of carbonyl (C=O) groups excluding carboxylic acids is 1. The fourth-order valence-corrected chi connectivity index (χ4v) is 4.90. The zero-order chi connectivity index (χ0) is 19.7. The van der Waals surface area contributed by atoms with E-state index in [4.69, 9.17) is 20.8 Å². The van der Waals surface area contributed by atoms with E-state index in [0.29, 0.717) is 24.5 Å². The van der Waals surface area contributed by atoms with E-state index in [0.717, 1.165) is 5.39 Å². The first-order chi connectivity index (χ1) is 13.4. The number of hydrogen-bond acceptors (Lipinski definition) is 5. The Morgan fingerprint density at radius 3 is 2.57 bits per heavy atom. The highest BCUT2D eigenvalue weighted by Crippen LogP contribution is 2.29. The molecule has 28 heavy (non-hydrogen) atoms. The van der Waals surface area contributed by atoms with Crippen molar-refractivity contribution in [1.29, 1.82) is 0 Å². The molecule has 1 aliphatic rings. The zero-order valence-electron chi connectivity index (χ0n) is 14.7. The number of furan rings is 1. The second-order valence-corrected chi connectivity index (χ2v) is 8.58. The van der Waals surface area contributed by atoms with E-state index in [9.17, 15) is 13.2 Å². The quantitative estimate of drug-likeness (QED) is 0.699. The maximum Gasteiger partial charge on any atom is 0.291 e. The van der Waals surface area contributed by atoms with Crippen molar-refractivity contribution in [2.75, 3.05) is 31.6 Å². The molecule has 1 aromatic heterocycles. The Morgan fingerprint density at radius 2 is 1.82 bits per heavy atom. The molecule has 7 nitrogen and oxygen atoms in total. The number of nitrogens with one attached hydrogen (secondary N) is 1. The highest BCUT2D eigenvalue weighted by Gasteiger charge is 2.28. The summed E-state index contributed by atoms with van der Waals surface area (Å²) in [5.41, 5.74) is 0.904. The molecule has 1 fully saturated rings. The molecule has 3 aromatic rings. The first kappa shape index (κ1) is 18.9.